The minimum Gasteiger partial charge on any atom is -0.339 e. The van der Waals surface area contributed by atoms with Crippen LogP contribution in [0.1, 0.15) is 48.7 Å². The molecule has 146 valence electrons. The van der Waals surface area contributed by atoms with Gasteiger partial charge in [-0.1, -0.05) is 13.8 Å². The van der Waals surface area contributed by atoms with E-state index in [1.807, 2.05) is 36.9 Å². The third kappa shape index (κ3) is 3.85. The van der Waals surface area contributed by atoms with Crippen molar-refractivity contribution >= 4 is 27.5 Å². The van der Waals surface area contributed by atoms with Crippen molar-refractivity contribution in [3.8, 4) is 0 Å². The fourth-order valence-corrected chi connectivity index (χ4v) is 4.38. The Hall–Kier alpha value is -2.54. The van der Waals surface area contributed by atoms with Crippen LogP contribution in [0.25, 0.3) is 10.2 Å². The third-order valence-corrected chi connectivity index (χ3v) is 6.22. The first kappa shape index (κ1) is 18.8. The van der Waals surface area contributed by atoms with Crippen LogP contribution in [-0.2, 0) is 6.54 Å². The molecule has 6 nitrogen and oxygen atoms in total. The van der Waals surface area contributed by atoms with Gasteiger partial charge in [-0.25, -0.2) is 9.97 Å². The predicted octanol–water partition coefficient (Wildman–Crippen LogP) is 3.53. The molecule has 1 aromatic carbocycles. The van der Waals surface area contributed by atoms with E-state index in [4.69, 9.17) is 0 Å². The number of amides is 1. The highest BCUT2D eigenvalue weighted by Crippen LogP contribution is 2.23. The van der Waals surface area contributed by atoms with Crippen molar-refractivity contribution < 1.29 is 4.79 Å². The molecule has 2 aromatic heterocycles. The largest absolute Gasteiger partial charge is 0.339 e. The minimum absolute atomic E-state index is 0.00932. The smallest absolute Gasteiger partial charge is 0.253 e. The first-order valence-corrected chi connectivity index (χ1v) is 10.6. The summed E-state index contributed by atoms with van der Waals surface area (Å²) in [5, 5.41) is 0. The highest BCUT2D eigenvalue weighted by atomic mass is 32.1. The highest BCUT2D eigenvalue weighted by Gasteiger charge is 2.24. The average molecular weight is 397 g/mol. The van der Waals surface area contributed by atoms with E-state index >= 15 is 0 Å². The molecule has 28 heavy (non-hydrogen) atoms. The van der Waals surface area contributed by atoms with Crippen LogP contribution in [0.15, 0.2) is 40.9 Å². The zero-order valence-electron chi connectivity index (χ0n) is 16.2. The summed E-state index contributed by atoms with van der Waals surface area (Å²) in [6, 6.07) is 7.34. The molecular formula is C21H24N4O2S. The monoisotopic (exact) mass is 396 g/mol. The molecule has 3 heterocycles. The van der Waals surface area contributed by atoms with Crippen molar-refractivity contribution in [3.05, 3.63) is 57.7 Å². The van der Waals surface area contributed by atoms with E-state index in [1.54, 1.807) is 33.8 Å². The molecule has 1 aliphatic heterocycles. The molecule has 3 aromatic rings. The van der Waals surface area contributed by atoms with E-state index in [9.17, 15) is 9.59 Å². The number of aromatic nitrogens is 3. The van der Waals surface area contributed by atoms with Gasteiger partial charge in [0.15, 0.2) is 0 Å². The van der Waals surface area contributed by atoms with Gasteiger partial charge < -0.3 is 4.90 Å². The Balaban J connectivity index is 1.38. The standard InChI is InChI=1S/C21H24N4O2S/c1-14(2)18-10-20(26)25(12-22-18)11-15-5-7-24(8-6-15)21(27)16-3-4-17-19(9-16)28-13-23-17/h3-4,9-10,12-15H,5-8,11H2,1-2H3. The molecule has 0 saturated carbocycles. The van der Waals surface area contributed by atoms with E-state index in [0.717, 1.165) is 47.4 Å². The van der Waals surface area contributed by atoms with E-state index in [-0.39, 0.29) is 17.4 Å². The van der Waals surface area contributed by atoms with Crippen LogP contribution in [0.5, 0.6) is 0 Å². The van der Waals surface area contributed by atoms with E-state index in [0.29, 0.717) is 12.5 Å². The number of thiazole rings is 1. The summed E-state index contributed by atoms with van der Waals surface area (Å²) in [6.07, 6.45) is 3.46. The number of fused-ring (bicyclic) bond motifs is 1. The van der Waals surface area contributed by atoms with Gasteiger partial charge >= 0.3 is 0 Å². The number of nitrogens with zero attached hydrogens (tertiary/aromatic N) is 4. The zero-order chi connectivity index (χ0) is 19.7. The van der Waals surface area contributed by atoms with Crippen LogP contribution in [0.2, 0.25) is 0 Å². The lowest BCUT2D eigenvalue weighted by Gasteiger charge is -2.32. The first-order valence-electron chi connectivity index (χ1n) is 9.70. The molecule has 0 N–H and O–H groups in total. The lowest BCUT2D eigenvalue weighted by molar-refractivity contribution is 0.0682. The second-order valence-corrected chi connectivity index (χ2v) is 8.62. The molecule has 1 aliphatic rings. The summed E-state index contributed by atoms with van der Waals surface area (Å²) < 4.78 is 2.74. The third-order valence-electron chi connectivity index (χ3n) is 5.43. The quantitative estimate of drug-likeness (QED) is 0.677. The summed E-state index contributed by atoms with van der Waals surface area (Å²) in [4.78, 5) is 35.7. The van der Waals surface area contributed by atoms with Gasteiger partial charge in [0.25, 0.3) is 11.5 Å². The number of carbonyl (C=O) groups is 1. The molecule has 7 heteroatoms. The summed E-state index contributed by atoms with van der Waals surface area (Å²) in [5.74, 6) is 0.715. The molecule has 1 fully saturated rings. The van der Waals surface area contributed by atoms with Crippen LogP contribution in [0.4, 0.5) is 0 Å². The Morgan fingerprint density at radius 3 is 2.71 bits per heavy atom. The van der Waals surface area contributed by atoms with Crippen LogP contribution in [-0.4, -0.2) is 38.4 Å². The Kier molecular flexibility index (Phi) is 5.26. The second-order valence-electron chi connectivity index (χ2n) is 7.73. The molecule has 0 unspecified atom stereocenters. The van der Waals surface area contributed by atoms with Gasteiger partial charge in [-0.2, -0.15) is 0 Å². The van der Waals surface area contributed by atoms with Gasteiger partial charge in [-0.15, -0.1) is 11.3 Å². The number of carbonyl (C=O) groups excluding carboxylic acids is 1. The second kappa shape index (κ2) is 7.83. The van der Waals surface area contributed by atoms with E-state index in [1.165, 1.54) is 0 Å². The van der Waals surface area contributed by atoms with Gasteiger partial charge in [-0.05, 0) is 42.9 Å². The van der Waals surface area contributed by atoms with Gasteiger partial charge in [0.2, 0.25) is 0 Å². The van der Waals surface area contributed by atoms with Gasteiger partial charge in [-0.3, -0.25) is 14.2 Å². The van der Waals surface area contributed by atoms with Gasteiger partial charge in [0, 0.05) is 31.3 Å². The summed E-state index contributed by atoms with van der Waals surface area (Å²) in [7, 11) is 0. The Bertz CT molecular complexity index is 1050. The molecule has 0 atom stereocenters. The van der Waals surface area contributed by atoms with E-state index < -0.39 is 0 Å². The lowest BCUT2D eigenvalue weighted by atomic mass is 9.96. The van der Waals surface area contributed by atoms with Crippen molar-refractivity contribution in [2.45, 2.75) is 39.2 Å². The van der Waals surface area contributed by atoms with Crippen LogP contribution in [0, 0.1) is 5.92 Å². The molecule has 0 aliphatic carbocycles. The summed E-state index contributed by atoms with van der Waals surface area (Å²) in [5.41, 5.74) is 4.30. The maximum absolute atomic E-state index is 12.8. The molecule has 0 spiro atoms. The lowest BCUT2D eigenvalue weighted by Crippen LogP contribution is -2.40. The fraction of sp³-hybridized carbons (Fsp3) is 0.429. The van der Waals surface area contributed by atoms with Gasteiger partial charge in [0.1, 0.15) is 0 Å². The number of likely N-dealkylation sites (tertiary alicyclic amines) is 1. The number of rotatable bonds is 4. The maximum atomic E-state index is 12.8. The highest BCUT2D eigenvalue weighted by molar-refractivity contribution is 7.16. The Labute approximate surface area is 167 Å². The average Bonchev–Trinajstić information content (AvgIpc) is 3.17. The SMILES string of the molecule is CC(C)c1cc(=O)n(CC2CCN(C(=O)c3ccc4ncsc4c3)CC2)cn1. The van der Waals surface area contributed by atoms with Crippen molar-refractivity contribution in [1.82, 2.24) is 19.4 Å². The maximum Gasteiger partial charge on any atom is 0.253 e. The van der Waals surface area contributed by atoms with Crippen molar-refractivity contribution in [1.29, 1.82) is 0 Å². The van der Waals surface area contributed by atoms with Crippen molar-refractivity contribution in [2.24, 2.45) is 5.92 Å². The molecule has 0 radical (unpaired) electrons. The molecule has 1 amide bonds. The number of piperidine rings is 1. The normalized spacial score (nSPS) is 15.5. The van der Waals surface area contributed by atoms with Crippen molar-refractivity contribution in [2.75, 3.05) is 13.1 Å². The Morgan fingerprint density at radius 1 is 1.21 bits per heavy atom. The summed E-state index contributed by atoms with van der Waals surface area (Å²) in [6.45, 7) is 6.17. The minimum atomic E-state index is 0.00932. The fourth-order valence-electron chi connectivity index (χ4n) is 3.66. The number of hydrogen-bond donors (Lipinski definition) is 0. The molecule has 4 rings (SSSR count). The molecule has 1 saturated heterocycles. The summed E-state index contributed by atoms with van der Waals surface area (Å²) >= 11 is 1.55. The molecular weight excluding hydrogens is 372 g/mol. The zero-order valence-corrected chi connectivity index (χ0v) is 17.0. The Morgan fingerprint density at radius 2 is 2.00 bits per heavy atom. The number of benzene rings is 1. The van der Waals surface area contributed by atoms with Crippen LogP contribution >= 0.6 is 11.3 Å². The van der Waals surface area contributed by atoms with Crippen LogP contribution < -0.4 is 5.56 Å². The first-order chi connectivity index (χ1) is 13.5. The molecule has 0 bridgehead atoms. The number of hydrogen-bond acceptors (Lipinski definition) is 5. The van der Waals surface area contributed by atoms with Crippen LogP contribution in [0.3, 0.4) is 0 Å². The topological polar surface area (TPSA) is 68.1 Å². The van der Waals surface area contributed by atoms with Gasteiger partial charge in [0.05, 0.1) is 27.7 Å². The predicted molar refractivity (Wildman–Crippen MR) is 111 cm³/mol. The van der Waals surface area contributed by atoms with E-state index in [2.05, 4.69) is 9.97 Å². The van der Waals surface area contributed by atoms with Crippen molar-refractivity contribution in [3.63, 3.8) is 0 Å².